The van der Waals surface area contributed by atoms with Gasteiger partial charge in [-0.2, -0.15) is 0 Å². The van der Waals surface area contributed by atoms with Gasteiger partial charge in [0.05, 0.1) is 23.9 Å². The molecule has 104 valence electrons. The van der Waals surface area contributed by atoms with Gasteiger partial charge in [0.15, 0.2) is 11.5 Å². The summed E-state index contributed by atoms with van der Waals surface area (Å²) in [5.74, 6) is 1.37. The minimum absolute atomic E-state index is 0.590. The molecule has 2 aromatic rings. The maximum Gasteiger partial charge on any atom is 0.179 e. The average Bonchev–Trinajstić information content (AvgIpc) is 2.72. The highest BCUT2D eigenvalue weighted by Gasteiger charge is 2.15. The smallest absolute Gasteiger partial charge is 0.179 e. The van der Waals surface area contributed by atoms with Crippen LogP contribution in [0.25, 0.3) is 0 Å². The first kappa shape index (κ1) is 13.1. The monoisotopic (exact) mass is 290 g/mol. The van der Waals surface area contributed by atoms with E-state index in [9.17, 15) is 0 Å². The highest BCUT2D eigenvalue weighted by Crippen LogP contribution is 2.38. The van der Waals surface area contributed by atoms with E-state index < -0.39 is 0 Å². The lowest BCUT2D eigenvalue weighted by molar-refractivity contribution is 0.297. The van der Waals surface area contributed by atoms with Crippen molar-refractivity contribution < 1.29 is 9.47 Å². The fourth-order valence-corrected chi connectivity index (χ4v) is 2.35. The predicted molar refractivity (Wildman–Crippen MR) is 78.6 cm³/mol. The molecule has 4 nitrogen and oxygen atoms in total. The van der Waals surface area contributed by atoms with Gasteiger partial charge in [-0.15, -0.1) is 0 Å². The van der Waals surface area contributed by atoms with Gasteiger partial charge < -0.3 is 14.8 Å². The molecular formula is C15H15ClN2O2. The number of hydrogen-bond donors (Lipinski definition) is 1. The number of ether oxygens (including phenoxy) is 2. The first-order valence-corrected chi connectivity index (χ1v) is 6.92. The molecule has 5 heteroatoms. The summed E-state index contributed by atoms with van der Waals surface area (Å²) >= 11 is 6.26. The van der Waals surface area contributed by atoms with Gasteiger partial charge in [0, 0.05) is 25.4 Å². The van der Waals surface area contributed by atoms with Crippen molar-refractivity contribution in [2.24, 2.45) is 0 Å². The van der Waals surface area contributed by atoms with Crippen molar-refractivity contribution in [1.82, 2.24) is 4.98 Å². The molecule has 1 aliphatic heterocycles. The molecule has 20 heavy (non-hydrogen) atoms. The lowest BCUT2D eigenvalue weighted by Gasteiger charge is -2.12. The summed E-state index contributed by atoms with van der Waals surface area (Å²) in [5.41, 5.74) is 2.01. The summed E-state index contributed by atoms with van der Waals surface area (Å²) < 4.78 is 11.3. The molecule has 0 amide bonds. The fourth-order valence-electron chi connectivity index (χ4n) is 2.06. The molecular weight excluding hydrogens is 276 g/mol. The molecule has 0 unspecified atom stereocenters. The maximum atomic E-state index is 6.26. The first-order chi connectivity index (χ1) is 9.83. The molecule has 1 aromatic heterocycles. The third kappa shape index (κ3) is 2.96. The molecule has 0 aliphatic carbocycles. The van der Waals surface area contributed by atoms with Crippen molar-refractivity contribution >= 4 is 17.3 Å². The summed E-state index contributed by atoms with van der Waals surface area (Å²) in [5, 5.41) is 3.88. The zero-order valence-corrected chi connectivity index (χ0v) is 11.7. The van der Waals surface area contributed by atoms with Crippen molar-refractivity contribution in [2.45, 2.75) is 13.0 Å². The molecule has 0 fully saturated rings. The van der Waals surface area contributed by atoms with E-state index in [1.807, 2.05) is 24.3 Å². The van der Waals surface area contributed by atoms with Crippen LogP contribution in [0.15, 0.2) is 36.7 Å². The van der Waals surface area contributed by atoms with E-state index in [0.29, 0.717) is 30.5 Å². The minimum Gasteiger partial charge on any atom is -0.489 e. The fraction of sp³-hybridized carbons (Fsp3) is 0.267. The molecule has 1 N–H and O–H groups in total. The zero-order valence-electron chi connectivity index (χ0n) is 10.9. The lowest BCUT2D eigenvalue weighted by atomic mass is 10.2. The Morgan fingerprint density at radius 3 is 3.00 bits per heavy atom. The number of halogens is 1. The molecule has 0 atom stereocenters. The second-order valence-corrected chi connectivity index (χ2v) is 4.96. The number of anilines is 1. The second-order valence-electron chi connectivity index (χ2n) is 4.55. The molecule has 2 heterocycles. The van der Waals surface area contributed by atoms with E-state index in [-0.39, 0.29) is 0 Å². The van der Waals surface area contributed by atoms with Crippen LogP contribution in [0.2, 0.25) is 5.02 Å². The number of nitrogens with zero attached hydrogens (tertiary/aromatic N) is 1. The molecule has 0 saturated carbocycles. The van der Waals surface area contributed by atoms with Gasteiger partial charge >= 0.3 is 0 Å². The Balaban J connectivity index is 1.77. The van der Waals surface area contributed by atoms with Gasteiger partial charge in [-0.1, -0.05) is 11.6 Å². The number of pyridine rings is 1. The van der Waals surface area contributed by atoms with Crippen molar-refractivity contribution in [3.05, 3.63) is 47.2 Å². The van der Waals surface area contributed by atoms with E-state index in [1.54, 1.807) is 12.4 Å². The third-order valence-electron chi connectivity index (χ3n) is 3.02. The Bertz CT molecular complexity index is 590. The topological polar surface area (TPSA) is 43.4 Å². The predicted octanol–water partition coefficient (Wildman–Crippen LogP) is 3.51. The summed E-state index contributed by atoms with van der Waals surface area (Å²) in [6.07, 6.45) is 4.40. The number of aromatic nitrogens is 1. The van der Waals surface area contributed by atoms with Crippen molar-refractivity contribution in [2.75, 3.05) is 18.5 Å². The second kappa shape index (κ2) is 6.01. The van der Waals surface area contributed by atoms with Crippen LogP contribution in [0.1, 0.15) is 12.0 Å². The quantitative estimate of drug-likeness (QED) is 0.939. The van der Waals surface area contributed by atoms with Crippen LogP contribution in [0.5, 0.6) is 11.5 Å². The highest BCUT2D eigenvalue weighted by atomic mass is 35.5. The molecule has 3 rings (SSSR count). The SMILES string of the molecule is Clc1cc(CNc2cccnc2)cc2c1OCCCO2. The number of nitrogens with one attached hydrogen (secondary N) is 1. The average molecular weight is 291 g/mol. The van der Waals surface area contributed by atoms with E-state index >= 15 is 0 Å². The van der Waals surface area contributed by atoms with Crippen molar-refractivity contribution in [1.29, 1.82) is 0 Å². The Labute approximate surface area is 122 Å². The Hall–Kier alpha value is -1.94. The molecule has 0 saturated heterocycles. The number of rotatable bonds is 3. The van der Waals surface area contributed by atoms with Crippen LogP contribution in [-0.2, 0) is 6.54 Å². The van der Waals surface area contributed by atoms with Gasteiger partial charge in [-0.25, -0.2) is 0 Å². The Kier molecular flexibility index (Phi) is 3.92. The largest absolute Gasteiger partial charge is 0.489 e. The van der Waals surface area contributed by atoms with E-state index in [1.165, 1.54) is 0 Å². The third-order valence-corrected chi connectivity index (χ3v) is 3.30. The van der Waals surface area contributed by atoms with E-state index in [4.69, 9.17) is 21.1 Å². The molecule has 0 spiro atoms. The van der Waals surface area contributed by atoms with Gasteiger partial charge in [0.25, 0.3) is 0 Å². The zero-order chi connectivity index (χ0) is 13.8. The van der Waals surface area contributed by atoms with Crippen LogP contribution in [0.3, 0.4) is 0 Å². The minimum atomic E-state index is 0.590. The van der Waals surface area contributed by atoms with Crippen molar-refractivity contribution in [3.8, 4) is 11.5 Å². The van der Waals surface area contributed by atoms with Crippen LogP contribution in [-0.4, -0.2) is 18.2 Å². The Morgan fingerprint density at radius 2 is 2.15 bits per heavy atom. The Morgan fingerprint density at radius 1 is 1.25 bits per heavy atom. The summed E-state index contributed by atoms with van der Waals surface area (Å²) in [6, 6.07) is 7.73. The van der Waals surface area contributed by atoms with Crippen LogP contribution in [0.4, 0.5) is 5.69 Å². The van der Waals surface area contributed by atoms with Crippen molar-refractivity contribution in [3.63, 3.8) is 0 Å². The van der Waals surface area contributed by atoms with Crippen LogP contribution in [0, 0.1) is 0 Å². The van der Waals surface area contributed by atoms with Gasteiger partial charge in [0.1, 0.15) is 0 Å². The van der Waals surface area contributed by atoms with Crippen LogP contribution < -0.4 is 14.8 Å². The van der Waals surface area contributed by atoms with Gasteiger partial charge in [-0.3, -0.25) is 4.98 Å². The van der Waals surface area contributed by atoms with E-state index in [0.717, 1.165) is 23.4 Å². The molecule has 0 bridgehead atoms. The molecule has 1 aliphatic rings. The summed E-state index contributed by atoms with van der Waals surface area (Å²) in [7, 11) is 0. The standard InChI is InChI=1S/C15H15ClN2O2/c16-13-7-11(9-18-12-3-1-4-17-10-12)8-14-15(13)20-6-2-5-19-14/h1,3-4,7-8,10,18H,2,5-6,9H2. The first-order valence-electron chi connectivity index (χ1n) is 6.55. The van der Waals surface area contributed by atoms with Gasteiger partial charge in [-0.05, 0) is 29.8 Å². The summed E-state index contributed by atoms with van der Waals surface area (Å²) in [4.78, 5) is 4.06. The molecule has 0 radical (unpaired) electrons. The normalized spacial score (nSPS) is 13.7. The number of hydrogen-bond acceptors (Lipinski definition) is 4. The number of fused-ring (bicyclic) bond motifs is 1. The maximum absolute atomic E-state index is 6.26. The van der Waals surface area contributed by atoms with Gasteiger partial charge in [0.2, 0.25) is 0 Å². The molecule has 1 aromatic carbocycles. The summed E-state index contributed by atoms with van der Waals surface area (Å²) in [6.45, 7) is 1.95. The lowest BCUT2D eigenvalue weighted by Crippen LogP contribution is -2.01. The number of benzene rings is 1. The van der Waals surface area contributed by atoms with Crippen LogP contribution >= 0.6 is 11.6 Å². The van der Waals surface area contributed by atoms with E-state index in [2.05, 4.69) is 10.3 Å². The highest BCUT2D eigenvalue weighted by molar-refractivity contribution is 6.32.